The lowest BCUT2D eigenvalue weighted by Gasteiger charge is -2.30. The Morgan fingerprint density at radius 3 is 2.53 bits per heavy atom. The molecule has 0 saturated heterocycles. The van der Waals surface area contributed by atoms with Crippen LogP contribution in [0.2, 0.25) is 5.02 Å². The van der Waals surface area contributed by atoms with Crippen LogP contribution >= 0.6 is 11.6 Å². The van der Waals surface area contributed by atoms with Crippen LogP contribution in [0.3, 0.4) is 0 Å². The van der Waals surface area contributed by atoms with Gasteiger partial charge in [0.15, 0.2) is 0 Å². The van der Waals surface area contributed by atoms with Crippen LogP contribution in [-0.4, -0.2) is 13.7 Å². The molecule has 1 aromatic rings. The summed E-state index contributed by atoms with van der Waals surface area (Å²) in [6, 6.07) is 4.07. The molecule has 0 aliphatic heterocycles. The second kappa shape index (κ2) is 4.87. The fourth-order valence-corrected chi connectivity index (χ4v) is 3.04. The Labute approximate surface area is 108 Å². The monoisotopic (exact) mass is 253 g/mol. The van der Waals surface area contributed by atoms with Crippen molar-refractivity contribution in [2.24, 2.45) is 5.73 Å². The Bertz CT molecular complexity index is 411. The topological polar surface area (TPSA) is 35.2 Å². The van der Waals surface area contributed by atoms with Crippen LogP contribution in [0.1, 0.15) is 36.8 Å². The van der Waals surface area contributed by atoms with Gasteiger partial charge in [-0.15, -0.1) is 0 Å². The van der Waals surface area contributed by atoms with Crippen molar-refractivity contribution in [1.82, 2.24) is 0 Å². The highest BCUT2D eigenvalue weighted by Crippen LogP contribution is 2.45. The number of methoxy groups -OCH3 is 1. The highest BCUT2D eigenvalue weighted by Gasteiger charge is 2.36. The lowest BCUT2D eigenvalue weighted by atomic mass is 9.78. The van der Waals surface area contributed by atoms with Crippen LogP contribution in [0.15, 0.2) is 12.1 Å². The van der Waals surface area contributed by atoms with Crippen molar-refractivity contribution in [3.05, 3.63) is 28.3 Å². The van der Waals surface area contributed by atoms with E-state index >= 15 is 0 Å². The van der Waals surface area contributed by atoms with Crippen LogP contribution in [-0.2, 0) is 5.41 Å². The van der Waals surface area contributed by atoms with Crippen LogP contribution < -0.4 is 10.5 Å². The number of ether oxygens (including phenoxy) is 1. The minimum Gasteiger partial charge on any atom is -0.496 e. The van der Waals surface area contributed by atoms with Crippen molar-refractivity contribution >= 4 is 11.6 Å². The fourth-order valence-electron chi connectivity index (χ4n) is 2.87. The van der Waals surface area contributed by atoms with Crippen molar-refractivity contribution in [3.8, 4) is 5.75 Å². The van der Waals surface area contributed by atoms with Gasteiger partial charge in [-0.05, 0) is 37.5 Å². The normalized spacial score (nSPS) is 18.4. The molecule has 17 heavy (non-hydrogen) atoms. The lowest BCUT2D eigenvalue weighted by molar-refractivity contribution is 0.377. The molecule has 0 heterocycles. The molecule has 0 unspecified atom stereocenters. The van der Waals surface area contributed by atoms with E-state index in [0.29, 0.717) is 6.54 Å². The summed E-state index contributed by atoms with van der Waals surface area (Å²) >= 11 is 6.24. The van der Waals surface area contributed by atoms with E-state index in [9.17, 15) is 0 Å². The first-order chi connectivity index (χ1) is 8.13. The average molecular weight is 254 g/mol. The predicted molar refractivity (Wildman–Crippen MR) is 71.9 cm³/mol. The molecule has 1 aliphatic carbocycles. The van der Waals surface area contributed by atoms with Crippen molar-refractivity contribution in [3.63, 3.8) is 0 Å². The van der Waals surface area contributed by atoms with Gasteiger partial charge in [-0.1, -0.05) is 24.4 Å². The number of rotatable bonds is 3. The minimum absolute atomic E-state index is 0.0721. The first-order valence-corrected chi connectivity index (χ1v) is 6.55. The Kier molecular flexibility index (Phi) is 3.64. The van der Waals surface area contributed by atoms with Gasteiger partial charge in [0.05, 0.1) is 7.11 Å². The number of nitrogens with two attached hydrogens (primary N) is 1. The molecule has 0 aromatic heterocycles. The molecule has 1 aromatic carbocycles. The molecular formula is C14H20ClNO. The van der Waals surface area contributed by atoms with Crippen LogP contribution in [0, 0.1) is 6.92 Å². The first kappa shape index (κ1) is 12.7. The van der Waals surface area contributed by atoms with E-state index in [1.54, 1.807) is 7.11 Å². The van der Waals surface area contributed by atoms with Crippen molar-refractivity contribution in [1.29, 1.82) is 0 Å². The third-order valence-electron chi connectivity index (χ3n) is 4.00. The summed E-state index contributed by atoms with van der Waals surface area (Å²) in [5, 5.41) is 0.806. The van der Waals surface area contributed by atoms with Crippen LogP contribution in [0.25, 0.3) is 0 Å². The molecule has 2 rings (SSSR count). The van der Waals surface area contributed by atoms with Crippen molar-refractivity contribution in [2.75, 3.05) is 13.7 Å². The second-order valence-electron chi connectivity index (χ2n) is 4.99. The molecule has 1 saturated carbocycles. The number of hydrogen-bond acceptors (Lipinski definition) is 2. The van der Waals surface area contributed by atoms with E-state index in [1.165, 1.54) is 18.4 Å². The standard InChI is InChI=1S/C14H20ClNO/c1-10-7-13(17-2)11(8-12(10)15)14(9-16)5-3-4-6-14/h7-8H,3-6,9,16H2,1-2H3. The van der Waals surface area contributed by atoms with Gasteiger partial charge in [0.25, 0.3) is 0 Å². The van der Waals surface area contributed by atoms with Gasteiger partial charge in [0, 0.05) is 22.5 Å². The highest BCUT2D eigenvalue weighted by atomic mass is 35.5. The van der Waals surface area contributed by atoms with Gasteiger partial charge in [-0.3, -0.25) is 0 Å². The number of hydrogen-bond donors (Lipinski definition) is 1. The van der Waals surface area contributed by atoms with E-state index < -0.39 is 0 Å². The maximum atomic E-state index is 6.24. The Morgan fingerprint density at radius 1 is 1.35 bits per heavy atom. The van der Waals surface area contributed by atoms with E-state index in [1.807, 2.05) is 19.1 Å². The smallest absolute Gasteiger partial charge is 0.123 e. The summed E-state index contributed by atoms with van der Waals surface area (Å²) in [6.45, 7) is 2.67. The van der Waals surface area contributed by atoms with Gasteiger partial charge in [-0.25, -0.2) is 0 Å². The van der Waals surface area contributed by atoms with E-state index in [-0.39, 0.29) is 5.41 Å². The highest BCUT2D eigenvalue weighted by molar-refractivity contribution is 6.31. The average Bonchev–Trinajstić information content (AvgIpc) is 2.82. The third kappa shape index (κ3) is 2.16. The summed E-state index contributed by atoms with van der Waals surface area (Å²) in [5.74, 6) is 0.930. The van der Waals surface area contributed by atoms with Gasteiger partial charge in [-0.2, -0.15) is 0 Å². The van der Waals surface area contributed by atoms with Gasteiger partial charge >= 0.3 is 0 Å². The van der Waals surface area contributed by atoms with Crippen molar-refractivity contribution < 1.29 is 4.74 Å². The zero-order valence-electron chi connectivity index (χ0n) is 10.6. The minimum atomic E-state index is 0.0721. The lowest BCUT2D eigenvalue weighted by Crippen LogP contribution is -2.32. The largest absolute Gasteiger partial charge is 0.496 e. The van der Waals surface area contributed by atoms with E-state index in [0.717, 1.165) is 29.2 Å². The number of aryl methyl sites for hydroxylation is 1. The number of benzene rings is 1. The van der Waals surface area contributed by atoms with Gasteiger partial charge in [0.1, 0.15) is 5.75 Å². The van der Waals surface area contributed by atoms with Gasteiger partial charge < -0.3 is 10.5 Å². The SMILES string of the molecule is COc1cc(C)c(Cl)cc1C1(CN)CCCC1. The zero-order chi connectivity index (χ0) is 12.5. The third-order valence-corrected chi connectivity index (χ3v) is 4.41. The molecule has 0 bridgehead atoms. The molecular weight excluding hydrogens is 234 g/mol. The van der Waals surface area contributed by atoms with Gasteiger partial charge in [0.2, 0.25) is 0 Å². The Balaban J connectivity index is 2.52. The first-order valence-electron chi connectivity index (χ1n) is 6.17. The molecule has 94 valence electrons. The molecule has 0 radical (unpaired) electrons. The summed E-state index contributed by atoms with van der Waals surface area (Å²) in [6.07, 6.45) is 4.76. The fraction of sp³-hybridized carbons (Fsp3) is 0.571. The Morgan fingerprint density at radius 2 is 2.00 bits per heavy atom. The van der Waals surface area contributed by atoms with Crippen molar-refractivity contribution in [2.45, 2.75) is 38.0 Å². The maximum absolute atomic E-state index is 6.24. The molecule has 2 N–H and O–H groups in total. The quantitative estimate of drug-likeness (QED) is 0.896. The second-order valence-corrected chi connectivity index (χ2v) is 5.40. The van der Waals surface area contributed by atoms with Crippen LogP contribution in [0.5, 0.6) is 5.75 Å². The summed E-state index contributed by atoms with van der Waals surface area (Å²) < 4.78 is 5.51. The molecule has 0 atom stereocenters. The maximum Gasteiger partial charge on any atom is 0.123 e. The van der Waals surface area contributed by atoms with E-state index in [2.05, 4.69) is 0 Å². The van der Waals surface area contributed by atoms with E-state index in [4.69, 9.17) is 22.1 Å². The predicted octanol–water partition coefficient (Wildman–Crippen LogP) is 3.43. The summed E-state index contributed by atoms with van der Waals surface area (Å²) in [4.78, 5) is 0. The molecule has 0 spiro atoms. The number of halogens is 1. The zero-order valence-corrected chi connectivity index (χ0v) is 11.3. The molecule has 2 nitrogen and oxygen atoms in total. The molecule has 3 heteroatoms. The summed E-state index contributed by atoms with van der Waals surface area (Å²) in [5.41, 5.74) is 8.33. The molecule has 1 fully saturated rings. The molecule has 1 aliphatic rings. The molecule has 0 amide bonds. The van der Waals surface area contributed by atoms with Crippen LogP contribution in [0.4, 0.5) is 0 Å². The Hall–Kier alpha value is -0.730. The summed E-state index contributed by atoms with van der Waals surface area (Å²) in [7, 11) is 1.71.